The van der Waals surface area contributed by atoms with Crippen molar-refractivity contribution in [2.24, 2.45) is 0 Å². The van der Waals surface area contributed by atoms with Crippen molar-refractivity contribution in [3.8, 4) is 33.4 Å². The second-order valence-electron chi connectivity index (χ2n) is 16.3. The van der Waals surface area contributed by atoms with Crippen molar-refractivity contribution in [2.75, 3.05) is 0 Å². The van der Waals surface area contributed by atoms with Gasteiger partial charge < -0.3 is 4.42 Å². The highest BCUT2D eigenvalue weighted by Gasteiger charge is 2.37. The van der Waals surface area contributed by atoms with Gasteiger partial charge in [0.15, 0.2) is 0 Å². The van der Waals surface area contributed by atoms with Gasteiger partial charge in [-0.2, -0.15) is 0 Å². The number of para-hydroxylation sites is 2. The predicted molar refractivity (Wildman–Crippen MR) is 234 cm³/mol. The van der Waals surface area contributed by atoms with E-state index in [4.69, 9.17) is 4.42 Å². The van der Waals surface area contributed by atoms with Crippen molar-refractivity contribution >= 4 is 43.5 Å². The molecule has 0 aliphatic heterocycles. The second-order valence-corrected chi connectivity index (χ2v) is 16.3. The molecule has 264 valence electrons. The molecular formula is C55H38O. The molecule has 0 radical (unpaired) electrons. The molecule has 0 amide bonds. The molecule has 9 aromatic carbocycles. The van der Waals surface area contributed by atoms with Gasteiger partial charge in [0.25, 0.3) is 0 Å². The smallest absolute Gasteiger partial charge is 0.143 e. The Kier molecular flexibility index (Phi) is 6.58. The molecule has 12 rings (SSSR count). The van der Waals surface area contributed by atoms with Crippen LogP contribution in [0.2, 0.25) is 0 Å². The van der Waals surface area contributed by atoms with Crippen LogP contribution in [0.4, 0.5) is 0 Å². The summed E-state index contributed by atoms with van der Waals surface area (Å²) in [7, 11) is 0. The summed E-state index contributed by atoms with van der Waals surface area (Å²) in [6.07, 6.45) is 0.851. The molecule has 0 N–H and O–H groups in total. The van der Waals surface area contributed by atoms with E-state index >= 15 is 0 Å². The van der Waals surface area contributed by atoms with Gasteiger partial charge in [-0.25, -0.2) is 0 Å². The fourth-order valence-corrected chi connectivity index (χ4v) is 10.4. The van der Waals surface area contributed by atoms with Crippen LogP contribution < -0.4 is 0 Å². The van der Waals surface area contributed by atoms with Crippen molar-refractivity contribution in [3.63, 3.8) is 0 Å². The molecule has 0 spiro atoms. The van der Waals surface area contributed by atoms with Gasteiger partial charge in [-0.05, 0) is 107 Å². The summed E-state index contributed by atoms with van der Waals surface area (Å²) in [4.78, 5) is 0. The lowest BCUT2D eigenvalue weighted by Crippen LogP contribution is -2.16. The number of rotatable bonds is 4. The second kappa shape index (κ2) is 11.7. The van der Waals surface area contributed by atoms with Gasteiger partial charge in [0.1, 0.15) is 11.2 Å². The summed E-state index contributed by atoms with van der Waals surface area (Å²) in [6, 6.07) is 65.6. The van der Waals surface area contributed by atoms with Crippen LogP contribution in [0.5, 0.6) is 0 Å². The average Bonchev–Trinajstić information content (AvgIpc) is 3.88. The van der Waals surface area contributed by atoms with E-state index in [1.165, 1.54) is 88.3 Å². The molecule has 0 saturated heterocycles. The third-order valence-electron chi connectivity index (χ3n) is 13.0. The maximum Gasteiger partial charge on any atom is 0.143 e. The van der Waals surface area contributed by atoms with E-state index in [0.717, 1.165) is 33.9 Å². The third kappa shape index (κ3) is 4.43. The van der Waals surface area contributed by atoms with Gasteiger partial charge in [0.05, 0.1) is 0 Å². The summed E-state index contributed by atoms with van der Waals surface area (Å²) >= 11 is 0. The Hall–Kier alpha value is -6.70. The topological polar surface area (TPSA) is 13.1 Å². The Balaban J connectivity index is 1.09. The molecule has 2 aliphatic carbocycles. The largest absolute Gasteiger partial charge is 0.455 e. The molecule has 1 unspecified atom stereocenters. The van der Waals surface area contributed by atoms with E-state index in [0.29, 0.717) is 0 Å². The summed E-state index contributed by atoms with van der Waals surface area (Å²) in [5, 5.41) is 7.37. The molecule has 0 bridgehead atoms. The number of fused-ring (bicyclic) bond motifs is 11. The van der Waals surface area contributed by atoms with E-state index in [1.807, 2.05) is 0 Å². The number of furan rings is 1. The average molecular weight is 715 g/mol. The lowest BCUT2D eigenvalue weighted by Gasteiger charge is -2.26. The van der Waals surface area contributed by atoms with Gasteiger partial charge in [0.2, 0.25) is 0 Å². The molecule has 0 saturated carbocycles. The van der Waals surface area contributed by atoms with Gasteiger partial charge in [0, 0.05) is 27.7 Å². The molecule has 2 aliphatic rings. The fourth-order valence-electron chi connectivity index (χ4n) is 10.4. The first-order valence-electron chi connectivity index (χ1n) is 19.8. The number of hydrogen-bond acceptors (Lipinski definition) is 1. The molecular weight excluding hydrogens is 677 g/mol. The van der Waals surface area contributed by atoms with Crippen molar-refractivity contribution in [1.82, 2.24) is 0 Å². The van der Waals surface area contributed by atoms with Crippen LogP contribution in [0.1, 0.15) is 58.7 Å². The highest BCUT2D eigenvalue weighted by Crippen LogP contribution is 2.53. The van der Waals surface area contributed by atoms with Gasteiger partial charge in [-0.3, -0.25) is 0 Å². The zero-order valence-corrected chi connectivity index (χ0v) is 31.4. The standard InChI is InChI=1S/C55H38O/c1-55(2)49-23-9-7-17-40(49)41-28-27-37(31-50(41)55)52(36-26-25-33-13-3-4-14-34(33)29-36)43-20-11-19-39-46-30-35-15-5-6-16-38(35)53(48(46)32-47(39)43)45-22-12-21-44-42-18-8-10-24-51(42)56-54(44)45/h3-31,52H,32H2,1-2H3. The first-order valence-corrected chi connectivity index (χ1v) is 19.8. The summed E-state index contributed by atoms with van der Waals surface area (Å²) in [5.41, 5.74) is 19.2. The van der Waals surface area contributed by atoms with Gasteiger partial charge in [-0.1, -0.05) is 178 Å². The zero-order chi connectivity index (χ0) is 37.1. The Labute approximate surface area is 326 Å². The zero-order valence-electron chi connectivity index (χ0n) is 31.4. The molecule has 10 aromatic rings. The van der Waals surface area contributed by atoms with Gasteiger partial charge >= 0.3 is 0 Å². The molecule has 0 fully saturated rings. The fraction of sp³-hybridized carbons (Fsp3) is 0.0909. The van der Waals surface area contributed by atoms with E-state index < -0.39 is 0 Å². The van der Waals surface area contributed by atoms with Crippen LogP contribution in [0.25, 0.3) is 76.9 Å². The van der Waals surface area contributed by atoms with Crippen LogP contribution in [0, 0.1) is 0 Å². The minimum Gasteiger partial charge on any atom is -0.455 e. The van der Waals surface area contributed by atoms with Gasteiger partial charge in [-0.15, -0.1) is 0 Å². The van der Waals surface area contributed by atoms with Crippen LogP contribution in [-0.2, 0) is 11.8 Å². The molecule has 56 heavy (non-hydrogen) atoms. The maximum absolute atomic E-state index is 6.71. The lowest BCUT2D eigenvalue weighted by atomic mass is 9.77. The predicted octanol–water partition coefficient (Wildman–Crippen LogP) is 14.6. The first-order chi connectivity index (χ1) is 27.5. The summed E-state index contributed by atoms with van der Waals surface area (Å²) < 4.78 is 6.71. The highest BCUT2D eigenvalue weighted by atomic mass is 16.3. The SMILES string of the molecule is CC1(C)c2ccccc2-c2ccc(C(c3ccc4ccccc4c3)c3cccc4c3Cc3c-4cc4ccccc4c3-c3cccc4c3oc3ccccc34)cc21. The summed E-state index contributed by atoms with van der Waals surface area (Å²) in [5.74, 6) is 0.0466. The monoisotopic (exact) mass is 714 g/mol. The number of benzene rings is 9. The number of hydrogen-bond donors (Lipinski definition) is 0. The highest BCUT2D eigenvalue weighted by molar-refractivity contribution is 6.14. The van der Waals surface area contributed by atoms with Crippen LogP contribution in [-0.4, -0.2) is 0 Å². The van der Waals surface area contributed by atoms with Crippen LogP contribution >= 0.6 is 0 Å². The van der Waals surface area contributed by atoms with Crippen LogP contribution in [0.15, 0.2) is 180 Å². The summed E-state index contributed by atoms with van der Waals surface area (Å²) in [6.45, 7) is 4.77. The Morgan fingerprint density at radius 2 is 1.11 bits per heavy atom. The van der Waals surface area contributed by atoms with E-state index in [-0.39, 0.29) is 11.3 Å². The minimum absolute atomic E-state index is 0.0466. The van der Waals surface area contributed by atoms with Crippen molar-refractivity contribution < 1.29 is 4.42 Å². The minimum atomic E-state index is -0.0859. The van der Waals surface area contributed by atoms with Crippen molar-refractivity contribution in [2.45, 2.75) is 31.6 Å². The molecule has 1 heterocycles. The molecule has 1 aromatic heterocycles. The van der Waals surface area contributed by atoms with Crippen molar-refractivity contribution in [3.05, 3.63) is 215 Å². The Bertz CT molecular complexity index is 3260. The van der Waals surface area contributed by atoms with E-state index in [1.54, 1.807) is 0 Å². The van der Waals surface area contributed by atoms with Crippen LogP contribution in [0.3, 0.4) is 0 Å². The quantitative estimate of drug-likeness (QED) is 0.165. The van der Waals surface area contributed by atoms with Crippen molar-refractivity contribution in [1.29, 1.82) is 0 Å². The molecule has 1 atom stereocenters. The molecule has 1 heteroatoms. The third-order valence-corrected chi connectivity index (χ3v) is 13.0. The van der Waals surface area contributed by atoms with E-state index in [9.17, 15) is 0 Å². The van der Waals surface area contributed by atoms with E-state index in [2.05, 4.69) is 190 Å². The first kappa shape index (κ1) is 31.6. The normalized spacial score (nSPS) is 14.2. The Morgan fingerprint density at radius 3 is 2.02 bits per heavy atom. The Morgan fingerprint density at radius 1 is 0.446 bits per heavy atom. The maximum atomic E-state index is 6.71. The molecule has 1 nitrogen and oxygen atoms in total. The lowest BCUT2D eigenvalue weighted by molar-refractivity contribution is 0.659.